The third kappa shape index (κ3) is 12.9. The van der Waals surface area contributed by atoms with Gasteiger partial charge < -0.3 is 46.3 Å². The predicted molar refractivity (Wildman–Crippen MR) is 300 cm³/mol. The van der Waals surface area contributed by atoms with Crippen LogP contribution in [0.4, 0.5) is 30.2 Å². The van der Waals surface area contributed by atoms with E-state index in [1.807, 2.05) is 19.1 Å². The lowest BCUT2D eigenvalue weighted by molar-refractivity contribution is -0.144. The zero-order chi connectivity index (χ0) is 57.7. The minimum absolute atomic E-state index is 0.0518. The van der Waals surface area contributed by atoms with Gasteiger partial charge in [-0.1, -0.05) is 36.4 Å². The van der Waals surface area contributed by atoms with Crippen LogP contribution < -0.4 is 36.3 Å². The van der Waals surface area contributed by atoms with Crippen molar-refractivity contribution in [1.29, 1.82) is 0 Å². The molecule has 22 heteroatoms. The number of para-hydroxylation sites is 1. The maximum absolute atomic E-state index is 15.6. The van der Waals surface area contributed by atoms with E-state index in [4.69, 9.17) is 21.3 Å². The molecule has 0 aliphatic carbocycles. The molecule has 8 atom stereocenters. The van der Waals surface area contributed by atoms with Gasteiger partial charge in [0.05, 0.1) is 37.5 Å². The molecule has 0 aromatic heterocycles. The van der Waals surface area contributed by atoms with E-state index >= 15 is 18.4 Å². The molecule has 4 aromatic rings. The summed E-state index contributed by atoms with van der Waals surface area (Å²) in [5.74, 6) is -6.29. The number of rotatable bonds is 19. The number of amides is 5. The van der Waals surface area contributed by atoms with Crippen molar-refractivity contribution in [2.75, 3.05) is 87.8 Å². The molecule has 0 saturated carbocycles. The van der Waals surface area contributed by atoms with Crippen molar-refractivity contribution in [3.8, 4) is 0 Å². The number of likely N-dealkylation sites (N-methyl/N-ethyl adjacent to an activating group) is 1. The van der Waals surface area contributed by atoms with Crippen molar-refractivity contribution < 1.29 is 51.4 Å². The number of ketones is 1. The maximum Gasteiger partial charge on any atom is 0.252 e. The van der Waals surface area contributed by atoms with Crippen molar-refractivity contribution >= 4 is 64.2 Å². The van der Waals surface area contributed by atoms with Crippen LogP contribution in [-0.2, 0) is 56.6 Å². The van der Waals surface area contributed by atoms with E-state index < -0.39 is 76.4 Å². The highest BCUT2D eigenvalue weighted by Gasteiger charge is 2.57. The van der Waals surface area contributed by atoms with E-state index in [1.165, 1.54) is 27.5 Å². The van der Waals surface area contributed by atoms with Gasteiger partial charge in [-0.05, 0) is 125 Å². The third-order valence-corrected chi connectivity index (χ3v) is 17.0. The Balaban J connectivity index is 0.954. The highest BCUT2D eigenvalue weighted by Crippen LogP contribution is 2.45. The van der Waals surface area contributed by atoms with E-state index in [9.17, 15) is 23.6 Å². The highest BCUT2D eigenvalue weighted by molar-refractivity contribution is 6.29. The number of nitrogens with zero attached hydrogens (tertiary/aromatic N) is 4. The Hall–Kier alpha value is -6.46. The monoisotopic (exact) mass is 1140 g/mol. The Bertz CT molecular complexity index is 2970. The number of fused-ring (bicyclic) bond motifs is 2. The number of anilines is 3. The number of benzene rings is 4. The van der Waals surface area contributed by atoms with E-state index in [0.717, 1.165) is 35.9 Å². The molecule has 6 N–H and O–H groups in total. The number of morpholine rings is 1. The van der Waals surface area contributed by atoms with Gasteiger partial charge in [0.1, 0.15) is 35.2 Å². The molecule has 4 aromatic carbocycles. The van der Waals surface area contributed by atoms with Crippen LogP contribution in [0, 0.1) is 23.4 Å². The molecular weight excluding hydrogens is 1070 g/mol. The standard InChI is InChI=1S/C59H72ClF3N10O8/c1-34-29-71(44(28-66-34)31-70-21-24-81-32-35(70)2)37(4)54(75)59(33-73(60)49-26-39(11-16-46(49)59)25-38-9-13-42(61)14-10-38)58(79)65-20-17-50(74)67-43-15-12-41-30-72(53(45(41)27-43)56(77)69-52-47(62)7-6-8-48(52)63)57(78)51(40-18-22-80-23-19-40)68-55(76)36(3)64-5/h6-16,26-27,34-37,40,44,51,53,64,66H,17-25,28-33H2,1-5H3,(H,65,79)(H,67,74)(H,68,76)(H,69,77)/t34-,35-,36+,37?,44-,51+,53+,59?/m1/s1. The summed E-state index contributed by atoms with van der Waals surface area (Å²) in [5, 5.41) is 17.4. The first-order valence-electron chi connectivity index (χ1n) is 27.8. The third-order valence-electron chi connectivity index (χ3n) is 16.7. The summed E-state index contributed by atoms with van der Waals surface area (Å²) < 4.78 is 56.6. The number of hydrogen-bond donors (Lipinski definition) is 6. The summed E-state index contributed by atoms with van der Waals surface area (Å²) in [6.45, 7) is 11.7. The molecule has 3 fully saturated rings. The molecule has 434 valence electrons. The quantitative estimate of drug-likeness (QED) is 0.0545. The fourth-order valence-corrected chi connectivity index (χ4v) is 12.2. The van der Waals surface area contributed by atoms with Crippen molar-refractivity contribution in [3.63, 3.8) is 0 Å². The highest BCUT2D eigenvalue weighted by atomic mass is 35.5. The smallest absolute Gasteiger partial charge is 0.252 e. The average molecular weight is 1140 g/mol. The zero-order valence-electron chi connectivity index (χ0n) is 46.3. The zero-order valence-corrected chi connectivity index (χ0v) is 47.1. The van der Waals surface area contributed by atoms with Crippen LogP contribution in [0.25, 0.3) is 0 Å². The summed E-state index contributed by atoms with van der Waals surface area (Å²) in [7, 11) is 1.61. The van der Waals surface area contributed by atoms with Crippen LogP contribution >= 0.6 is 11.8 Å². The van der Waals surface area contributed by atoms with E-state index in [-0.39, 0.29) is 72.9 Å². The first-order chi connectivity index (χ1) is 38.9. The molecule has 0 spiro atoms. The summed E-state index contributed by atoms with van der Waals surface area (Å²) in [6, 6.07) is 15.7. The second-order valence-corrected chi connectivity index (χ2v) is 22.5. The van der Waals surface area contributed by atoms with Crippen LogP contribution in [0.15, 0.2) is 78.9 Å². The fraction of sp³-hybridized carbons (Fsp3) is 0.492. The Morgan fingerprint density at radius 2 is 1.60 bits per heavy atom. The Labute approximate surface area is 475 Å². The molecule has 2 unspecified atom stereocenters. The fourth-order valence-electron chi connectivity index (χ4n) is 11.9. The predicted octanol–water partition coefficient (Wildman–Crippen LogP) is 4.93. The number of halogens is 4. The molecule has 0 radical (unpaired) electrons. The number of nitrogens with one attached hydrogen (secondary N) is 6. The average Bonchev–Trinajstić information content (AvgIpc) is 4.11. The number of carbonyl (C=O) groups excluding carboxylic acids is 6. The van der Waals surface area contributed by atoms with Gasteiger partial charge in [0.2, 0.25) is 23.6 Å². The van der Waals surface area contributed by atoms with Crippen LogP contribution in [0.2, 0.25) is 0 Å². The molecule has 3 saturated heterocycles. The molecule has 9 rings (SSSR count). The molecule has 5 aliphatic heterocycles. The van der Waals surface area contributed by atoms with Crippen molar-refractivity contribution in [2.45, 2.75) is 108 Å². The van der Waals surface area contributed by atoms with Gasteiger partial charge in [0, 0.05) is 100 Å². The second-order valence-electron chi connectivity index (χ2n) is 22.1. The topological polar surface area (TPSA) is 206 Å². The lowest BCUT2D eigenvalue weighted by Crippen LogP contribution is -2.66. The summed E-state index contributed by atoms with van der Waals surface area (Å²) in [4.78, 5) is 93.0. The number of carbonyl (C=O) groups is 6. The largest absolute Gasteiger partial charge is 0.381 e. The van der Waals surface area contributed by atoms with E-state index in [2.05, 4.69) is 55.5 Å². The molecule has 18 nitrogen and oxygen atoms in total. The van der Waals surface area contributed by atoms with E-state index in [1.54, 1.807) is 44.3 Å². The minimum atomic E-state index is -1.81. The summed E-state index contributed by atoms with van der Waals surface area (Å²) in [6.07, 6.45) is 1.07. The second kappa shape index (κ2) is 25.8. The Kier molecular flexibility index (Phi) is 18.8. The van der Waals surface area contributed by atoms with Gasteiger partial charge in [-0.2, -0.15) is 0 Å². The van der Waals surface area contributed by atoms with Gasteiger partial charge in [0.15, 0.2) is 11.2 Å². The van der Waals surface area contributed by atoms with E-state index in [0.29, 0.717) is 82.1 Å². The number of Topliss-reactive ketones (excluding diaryl/α,β-unsaturated/α-hetero) is 1. The normalized spacial score (nSPS) is 23.4. The van der Waals surface area contributed by atoms with Crippen LogP contribution in [0.3, 0.4) is 0 Å². The Morgan fingerprint density at radius 3 is 2.32 bits per heavy atom. The van der Waals surface area contributed by atoms with Crippen molar-refractivity contribution in [1.82, 2.24) is 36.0 Å². The van der Waals surface area contributed by atoms with Gasteiger partial charge in [-0.25, -0.2) is 13.2 Å². The molecule has 5 aliphatic rings. The molecular formula is C59H72ClF3N10O8. The molecule has 0 bridgehead atoms. The lowest BCUT2D eigenvalue weighted by Gasteiger charge is -2.46. The SMILES string of the molecule is CN[C@@H](C)C(=O)N[C@H](C(=O)N1Cc2ccc(NC(=O)CCNC(=O)C3(C(=O)C(C)N4C[C@@H](C)NC[C@@H]4CN4CCOC[C@H]4C)CN(Cl)c4cc(Cc5ccc(F)cc5)ccc43)cc2[C@H]1C(=O)Nc1c(F)cccc1F)C1CCOCC1. The number of hydrogen-bond acceptors (Lipinski definition) is 13. The van der Waals surface area contributed by atoms with Crippen LogP contribution in [0.5, 0.6) is 0 Å². The molecule has 81 heavy (non-hydrogen) atoms. The summed E-state index contributed by atoms with van der Waals surface area (Å²) in [5.41, 5.74) is 1.05. The van der Waals surface area contributed by atoms with Gasteiger partial charge in [-0.3, -0.25) is 43.0 Å². The van der Waals surface area contributed by atoms with Crippen molar-refractivity contribution in [3.05, 3.63) is 124 Å². The van der Waals surface area contributed by atoms with Gasteiger partial charge in [0.25, 0.3) is 5.91 Å². The number of piperazine rings is 1. The van der Waals surface area contributed by atoms with Crippen LogP contribution in [0.1, 0.15) is 80.8 Å². The van der Waals surface area contributed by atoms with Crippen LogP contribution in [-0.4, -0.2) is 159 Å². The lowest BCUT2D eigenvalue weighted by atomic mass is 9.74. The molecule has 5 heterocycles. The minimum Gasteiger partial charge on any atom is -0.381 e. The summed E-state index contributed by atoms with van der Waals surface area (Å²) >= 11 is 7.05. The van der Waals surface area contributed by atoms with Gasteiger partial charge >= 0.3 is 0 Å². The van der Waals surface area contributed by atoms with Crippen molar-refractivity contribution in [2.24, 2.45) is 5.92 Å². The first kappa shape index (κ1) is 59.2. The first-order valence-corrected chi connectivity index (χ1v) is 28.2. The molecule has 5 amide bonds. The maximum atomic E-state index is 15.6. The number of ether oxygens (including phenoxy) is 2. The Morgan fingerprint density at radius 1 is 0.877 bits per heavy atom. The van der Waals surface area contributed by atoms with Gasteiger partial charge in [-0.15, -0.1) is 0 Å².